The van der Waals surface area contributed by atoms with Gasteiger partial charge in [0.05, 0.1) is 15.8 Å². The molecule has 2 aromatic heterocycles. The Morgan fingerprint density at radius 2 is 2.13 bits per heavy atom. The van der Waals surface area contributed by atoms with Crippen molar-refractivity contribution in [2.45, 2.75) is 10.8 Å². The molecule has 0 unspecified atom stereocenters. The van der Waals surface area contributed by atoms with Crippen LogP contribution in [0.5, 0.6) is 0 Å². The van der Waals surface area contributed by atoms with Gasteiger partial charge in [0.2, 0.25) is 0 Å². The van der Waals surface area contributed by atoms with E-state index in [1.54, 1.807) is 0 Å². The lowest BCUT2D eigenvalue weighted by Gasteiger charge is -2.06. The number of alkyl halides is 2. The number of nitrogens with zero attached hydrogens (tertiary/aromatic N) is 2. The van der Waals surface area contributed by atoms with Gasteiger partial charge in [0.15, 0.2) is 5.13 Å². The fraction of sp³-hybridized carbons (Fsp3) is 0.0714. The summed E-state index contributed by atoms with van der Waals surface area (Å²) >= 11 is 1.29. The summed E-state index contributed by atoms with van der Waals surface area (Å²) in [7, 11) is 0. The van der Waals surface area contributed by atoms with Gasteiger partial charge in [0, 0.05) is 6.20 Å². The molecule has 3 aromatic rings. The Labute approximate surface area is 136 Å². The fourth-order valence-corrected chi connectivity index (χ4v) is 3.32. The molecule has 23 heavy (non-hydrogen) atoms. The van der Waals surface area contributed by atoms with Crippen LogP contribution in [0.15, 0.2) is 41.6 Å². The number of amides is 1. The van der Waals surface area contributed by atoms with E-state index in [-0.39, 0.29) is 27.5 Å². The largest absolute Gasteiger partial charge is 0.298 e. The number of thioether (sulfide) groups is 1. The number of halogens is 3. The Hall–Kier alpha value is -2.13. The molecule has 0 bridgehead atoms. The first kappa shape index (κ1) is 15.8. The maximum Gasteiger partial charge on any atom is 0.290 e. The quantitative estimate of drug-likeness (QED) is 0.705. The van der Waals surface area contributed by atoms with Crippen molar-refractivity contribution in [3.05, 3.63) is 47.9 Å². The van der Waals surface area contributed by atoms with E-state index in [1.165, 1.54) is 36.5 Å². The van der Waals surface area contributed by atoms with Crippen LogP contribution in [0.4, 0.5) is 18.3 Å². The van der Waals surface area contributed by atoms with Crippen LogP contribution in [-0.2, 0) is 0 Å². The van der Waals surface area contributed by atoms with Gasteiger partial charge >= 0.3 is 0 Å². The molecule has 0 fully saturated rings. The fourth-order valence-electron chi connectivity index (χ4n) is 1.86. The maximum absolute atomic E-state index is 13.2. The molecule has 0 atom stereocenters. The summed E-state index contributed by atoms with van der Waals surface area (Å²) in [6.07, 6.45) is 1.34. The number of nitrogens with one attached hydrogen (secondary N) is 1. The van der Waals surface area contributed by atoms with Gasteiger partial charge in [-0.05, 0) is 42.1 Å². The molecule has 1 amide bonds. The summed E-state index contributed by atoms with van der Waals surface area (Å²) in [5.41, 5.74) is 0.573. The van der Waals surface area contributed by atoms with Crippen molar-refractivity contribution in [2.24, 2.45) is 0 Å². The van der Waals surface area contributed by atoms with Crippen LogP contribution in [0.25, 0.3) is 10.2 Å². The molecule has 0 aliphatic carbocycles. The maximum atomic E-state index is 13.2. The summed E-state index contributed by atoms with van der Waals surface area (Å²) in [5, 5.41) is 2.72. The van der Waals surface area contributed by atoms with Crippen molar-refractivity contribution in [3.8, 4) is 0 Å². The highest BCUT2D eigenvalue weighted by Gasteiger charge is 2.18. The molecule has 4 nitrogen and oxygen atoms in total. The van der Waals surface area contributed by atoms with Crippen LogP contribution in [-0.4, -0.2) is 21.6 Å². The van der Waals surface area contributed by atoms with E-state index in [9.17, 15) is 18.0 Å². The summed E-state index contributed by atoms with van der Waals surface area (Å²) in [5.74, 6) is -3.68. The number of rotatable bonds is 4. The summed E-state index contributed by atoms with van der Waals surface area (Å²) in [6.45, 7) is 0. The zero-order chi connectivity index (χ0) is 16.4. The van der Waals surface area contributed by atoms with E-state index in [0.717, 1.165) is 11.3 Å². The molecule has 0 spiro atoms. The van der Waals surface area contributed by atoms with E-state index in [2.05, 4.69) is 15.3 Å². The van der Waals surface area contributed by atoms with Gasteiger partial charge in [-0.25, -0.2) is 14.4 Å². The molecule has 0 saturated carbocycles. The Bertz CT molecular complexity index is 869. The van der Waals surface area contributed by atoms with Gasteiger partial charge in [-0.15, -0.1) is 0 Å². The molecule has 0 radical (unpaired) electrons. The Balaban J connectivity index is 1.86. The number of aromatic nitrogens is 2. The second-order valence-corrected chi connectivity index (χ2v) is 6.33. The minimum absolute atomic E-state index is 0.0308. The minimum atomic E-state index is -2.68. The predicted molar refractivity (Wildman–Crippen MR) is 83.6 cm³/mol. The van der Waals surface area contributed by atoms with Gasteiger partial charge in [-0.2, -0.15) is 8.78 Å². The minimum Gasteiger partial charge on any atom is -0.298 e. The van der Waals surface area contributed by atoms with Crippen molar-refractivity contribution in [1.29, 1.82) is 0 Å². The zero-order valence-electron chi connectivity index (χ0n) is 11.3. The molecule has 0 saturated heterocycles. The zero-order valence-corrected chi connectivity index (χ0v) is 12.9. The first-order valence-electron chi connectivity index (χ1n) is 6.30. The van der Waals surface area contributed by atoms with Crippen LogP contribution in [0.2, 0.25) is 0 Å². The Morgan fingerprint density at radius 1 is 1.30 bits per heavy atom. The molecule has 1 aromatic carbocycles. The monoisotopic (exact) mass is 355 g/mol. The third-order valence-corrected chi connectivity index (χ3v) is 4.45. The van der Waals surface area contributed by atoms with Crippen molar-refractivity contribution in [2.75, 3.05) is 5.32 Å². The Morgan fingerprint density at radius 3 is 2.91 bits per heavy atom. The van der Waals surface area contributed by atoms with Crippen LogP contribution in [0, 0.1) is 5.82 Å². The van der Waals surface area contributed by atoms with Crippen LogP contribution in [0.1, 0.15) is 10.4 Å². The highest BCUT2D eigenvalue weighted by atomic mass is 32.2. The average molecular weight is 355 g/mol. The van der Waals surface area contributed by atoms with Gasteiger partial charge in [-0.1, -0.05) is 11.3 Å². The van der Waals surface area contributed by atoms with Crippen LogP contribution >= 0.6 is 23.1 Å². The van der Waals surface area contributed by atoms with Gasteiger partial charge in [0.1, 0.15) is 10.8 Å². The van der Waals surface area contributed by atoms with E-state index in [0.29, 0.717) is 10.2 Å². The normalized spacial score (nSPS) is 11.1. The number of hydrogen-bond acceptors (Lipinski definition) is 5. The van der Waals surface area contributed by atoms with Gasteiger partial charge < -0.3 is 0 Å². The number of pyridine rings is 1. The topological polar surface area (TPSA) is 54.9 Å². The third-order valence-electron chi connectivity index (χ3n) is 2.79. The third kappa shape index (κ3) is 3.62. The molecule has 0 aliphatic heterocycles. The molecule has 2 heterocycles. The lowest BCUT2D eigenvalue weighted by Crippen LogP contribution is -2.13. The van der Waals surface area contributed by atoms with Crippen molar-refractivity contribution < 1.29 is 18.0 Å². The highest BCUT2D eigenvalue weighted by molar-refractivity contribution is 7.99. The molecule has 118 valence electrons. The molecule has 0 aliphatic rings. The van der Waals surface area contributed by atoms with Gasteiger partial charge in [-0.3, -0.25) is 10.1 Å². The predicted octanol–water partition coefficient (Wildman–Crippen LogP) is 4.40. The molecular weight excluding hydrogens is 347 g/mol. The first-order chi connectivity index (χ1) is 11.0. The highest BCUT2D eigenvalue weighted by Crippen LogP contribution is 2.29. The van der Waals surface area contributed by atoms with E-state index < -0.39 is 17.5 Å². The smallest absolute Gasteiger partial charge is 0.290 e. The van der Waals surface area contributed by atoms with Gasteiger partial charge in [0.25, 0.3) is 11.7 Å². The number of carbonyl (C=O) groups is 1. The molecular formula is C14H8F3N3OS2. The second kappa shape index (κ2) is 6.55. The van der Waals surface area contributed by atoms with E-state index in [4.69, 9.17) is 0 Å². The summed E-state index contributed by atoms with van der Waals surface area (Å²) in [4.78, 5) is 20.2. The van der Waals surface area contributed by atoms with Crippen LogP contribution in [0.3, 0.4) is 0 Å². The summed E-state index contributed by atoms with van der Waals surface area (Å²) in [6, 6.07) is 6.97. The Kier molecular flexibility index (Phi) is 4.49. The van der Waals surface area contributed by atoms with E-state index in [1.807, 2.05) is 0 Å². The average Bonchev–Trinajstić information content (AvgIpc) is 2.88. The lowest BCUT2D eigenvalue weighted by molar-refractivity contribution is 0.102. The summed E-state index contributed by atoms with van der Waals surface area (Å²) < 4.78 is 38.8. The van der Waals surface area contributed by atoms with Crippen molar-refractivity contribution in [3.63, 3.8) is 0 Å². The SMILES string of the molecule is O=C(Nc1nc2ccc(F)cc2s1)c1cccnc1SC(F)F. The van der Waals surface area contributed by atoms with Crippen molar-refractivity contribution in [1.82, 2.24) is 9.97 Å². The molecule has 1 N–H and O–H groups in total. The standard InChI is InChI=1S/C14H8F3N3OS2/c15-7-3-4-9-10(6-7)22-14(19-9)20-11(21)8-2-1-5-18-12(8)23-13(16)17/h1-6,13H,(H,19,20,21). The van der Waals surface area contributed by atoms with E-state index >= 15 is 0 Å². The molecule has 3 rings (SSSR count). The second-order valence-electron chi connectivity index (χ2n) is 4.32. The number of carbonyl (C=O) groups excluding carboxylic acids is 1. The number of anilines is 1. The van der Waals surface area contributed by atoms with Crippen LogP contribution < -0.4 is 5.32 Å². The first-order valence-corrected chi connectivity index (χ1v) is 8.00. The number of fused-ring (bicyclic) bond motifs is 1. The lowest BCUT2D eigenvalue weighted by atomic mass is 10.3. The number of hydrogen-bond donors (Lipinski definition) is 1. The number of benzene rings is 1. The number of thiazole rings is 1. The molecule has 9 heteroatoms. The van der Waals surface area contributed by atoms with Crippen molar-refractivity contribution >= 4 is 44.4 Å².